The number of rotatable bonds is 0. The summed E-state index contributed by atoms with van der Waals surface area (Å²) >= 11 is 0. The van der Waals surface area contributed by atoms with Crippen LogP contribution in [0.5, 0.6) is 0 Å². The summed E-state index contributed by atoms with van der Waals surface area (Å²) in [5.74, 6) is 26.4. The van der Waals surface area contributed by atoms with Crippen molar-refractivity contribution in [2.45, 2.75) is 81.1 Å². The minimum absolute atomic E-state index is 1.03. The highest BCUT2D eigenvalue weighted by Crippen LogP contribution is 2.41. The standard InChI is InChI=1S/2C28H22/c2*1-5-7-23-25-13-19-9-17(3)11-21(19)15-27(25)24(8-6-2)28-16-22-12-18(4)10-20(22)14-26(23)28/h9,12-16H,10-11H2,1-4H3;9-10,13-16H,11-12H2,1-4H3. The molecule has 0 saturated heterocycles. The third-order valence-corrected chi connectivity index (χ3v) is 11.8. The summed E-state index contributed by atoms with van der Waals surface area (Å²) in [4.78, 5) is 0. The maximum Gasteiger partial charge on any atom is 0.0403 e. The first-order valence-electron chi connectivity index (χ1n) is 19.8. The molecule has 0 aromatic heterocycles. The lowest BCUT2D eigenvalue weighted by Crippen LogP contribution is -1.95. The van der Waals surface area contributed by atoms with Crippen molar-refractivity contribution < 1.29 is 0 Å². The number of benzene rings is 6. The minimum atomic E-state index is 1.03. The third kappa shape index (κ3) is 5.78. The van der Waals surface area contributed by atoms with Crippen LogP contribution in [0, 0.1) is 47.4 Å². The summed E-state index contributed by atoms with van der Waals surface area (Å²) in [5, 5.41) is 9.86. The molecule has 0 atom stereocenters. The van der Waals surface area contributed by atoms with Gasteiger partial charge in [-0.2, -0.15) is 0 Å². The first-order valence-corrected chi connectivity index (χ1v) is 19.8. The first kappa shape index (κ1) is 35.3. The van der Waals surface area contributed by atoms with Crippen LogP contribution in [-0.2, 0) is 25.7 Å². The van der Waals surface area contributed by atoms with Crippen molar-refractivity contribution in [2.75, 3.05) is 0 Å². The predicted molar refractivity (Wildman–Crippen MR) is 243 cm³/mol. The highest BCUT2D eigenvalue weighted by molar-refractivity contribution is 6.13. The molecule has 0 heteroatoms. The van der Waals surface area contributed by atoms with E-state index in [9.17, 15) is 0 Å². The van der Waals surface area contributed by atoms with E-state index in [1.54, 1.807) is 0 Å². The van der Waals surface area contributed by atoms with E-state index in [-0.39, 0.29) is 0 Å². The Labute approximate surface area is 332 Å². The average molecular weight is 717 g/mol. The van der Waals surface area contributed by atoms with Gasteiger partial charge in [0.1, 0.15) is 0 Å². The Bertz CT molecular complexity index is 3010. The van der Waals surface area contributed by atoms with Crippen molar-refractivity contribution in [1.29, 1.82) is 0 Å². The van der Waals surface area contributed by atoms with Crippen LogP contribution in [0.2, 0.25) is 0 Å². The number of hydrogen-bond acceptors (Lipinski definition) is 0. The lowest BCUT2D eigenvalue weighted by molar-refractivity contribution is 1.20. The Kier molecular flexibility index (Phi) is 8.63. The summed E-state index contributed by atoms with van der Waals surface area (Å²) in [5.41, 5.74) is 21.2. The molecule has 0 radical (unpaired) electrons. The molecule has 10 rings (SSSR count). The molecule has 56 heavy (non-hydrogen) atoms. The van der Waals surface area contributed by atoms with Gasteiger partial charge >= 0.3 is 0 Å². The number of hydrogen-bond donors (Lipinski definition) is 0. The van der Waals surface area contributed by atoms with Crippen molar-refractivity contribution in [3.8, 4) is 47.4 Å². The van der Waals surface area contributed by atoms with Crippen molar-refractivity contribution in [2.24, 2.45) is 0 Å². The van der Waals surface area contributed by atoms with Gasteiger partial charge in [-0.15, -0.1) is 23.7 Å². The van der Waals surface area contributed by atoms with E-state index in [2.05, 4.69) is 148 Å². The van der Waals surface area contributed by atoms with E-state index in [1.807, 2.05) is 27.7 Å². The molecule has 4 aliphatic carbocycles. The first-order chi connectivity index (χ1) is 27.2. The van der Waals surface area contributed by atoms with Crippen molar-refractivity contribution in [3.05, 3.63) is 138 Å². The zero-order valence-corrected chi connectivity index (χ0v) is 33.8. The summed E-state index contributed by atoms with van der Waals surface area (Å²) in [6.45, 7) is 16.5. The van der Waals surface area contributed by atoms with E-state index < -0.39 is 0 Å². The topological polar surface area (TPSA) is 0 Å². The van der Waals surface area contributed by atoms with Gasteiger partial charge in [0.2, 0.25) is 0 Å². The summed E-state index contributed by atoms with van der Waals surface area (Å²) < 4.78 is 0. The second-order valence-electron chi connectivity index (χ2n) is 16.1. The molecule has 6 aromatic rings. The van der Waals surface area contributed by atoms with Gasteiger partial charge in [-0.25, -0.2) is 0 Å². The molecule has 4 aliphatic rings. The molecule has 6 aromatic carbocycles. The van der Waals surface area contributed by atoms with E-state index in [0.717, 1.165) is 47.9 Å². The third-order valence-electron chi connectivity index (χ3n) is 11.8. The van der Waals surface area contributed by atoms with Gasteiger partial charge in [0.15, 0.2) is 0 Å². The Morgan fingerprint density at radius 2 is 0.500 bits per heavy atom. The summed E-state index contributed by atoms with van der Waals surface area (Å²) in [6, 6.07) is 18.7. The van der Waals surface area contributed by atoms with Gasteiger partial charge in [0, 0.05) is 22.3 Å². The van der Waals surface area contributed by atoms with Crippen molar-refractivity contribution in [3.63, 3.8) is 0 Å². The molecule has 0 amide bonds. The van der Waals surface area contributed by atoms with Gasteiger partial charge in [-0.1, -0.05) is 70.3 Å². The lowest BCUT2D eigenvalue weighted by atomic mass is 9.88. The largest absolute Gasteiger partial charge is 0.101 e. The normalized spacial score (nSPS) is 14.0. The van der Waals surface area contributed by atoms with Gasteiger partial charge < -0.3 is 0 Å². The van der Waals surface area contributed by atoms with E-state index in [1.165, 1.54) is 110 Å². The predicted octanol–water partition coefficient (Wildman–Crippen LogP) is 13.3. The van der Waals surface area contributed by atoms with Crippen LogP contribution in [0.4, 0.5) is 0 Å². The molecule has 0 N–H and O–H groups in total. The molecule has 0 aliphatic heterocycles. The second-order valence-corrected chi connectivity index (χ2v) is 16.1. The molecular formula is C56H44. The molecular weight excluding hydrogens is 673 g/mol. The molecule has 0 saturated carbocycles. The van der Waals surface area contributed by atoms with Gasteiger partial charge in [-0.3, -0.25) is 0 Å². The molecule has 268 valence electrons. The Morgan fingerprint density at radius 3 is 0.696 bits per heavy atom. The SMILES string of the molecule is CC#Cc1c2cc3c(cc2c(C#CC)c2cc4c(cc12)C=C(C)C4)CC(C)=C3.CC#Cc1c2cc3c(cc2c(C#CC)c2cc4c(cc12)CC(C)=C4)CC(C)=C3. The van der Waals surface area contributed by atoms with Crippen LogP contribution in [0.3, 0.4) is 0 Å². The van der Waals surface area contributed by atoms with Crippen molar-refractivity contribution in [1.82, 2.24) is 0 Å². The van der Waals surface area contributed by atoms with Crippen molar-refractivity contribution >= 4 is 67.4 Å². The van der Waals surface area contributed by atoms with Crippen LogP contribution in [0.25, 0.3) is 67.4 Å². The molecule has 0 bridgehead atoms. The Morgan fingerprint density at radius 1 is 0.304 bits per heavy atom. The monoisotopic (exact) mass is 716 g/mol. The molecule has 0 heterocycles. The maximum absolute atomic E-state index is 3.44. The second kappa shape index (κ2) is 13.7. The Hall–Kier alpha value is -6.44. The zero-order valence-electron chi connectivity index (χ0n) is 33.8. The average Bonchev–Trinajstić information content (AvgIpc) is 3.93. The zero-order chi connectivity index (χ0) is 38.8. The van der Waals surface area contributed by atoms with Crippen LogP contribution < -0.4 is 0 Å². The molecule has 0 fully saturated rings. The maximum atomic E-state index is 3.44. The van der Waals surface area contributed by atoms with Gasteiger partial charge in [0.25, 0.3) is 0 Å². The van der Waals surface area contributed by atoms with E-state index in [0.29, 0.717) is 0 Å². The number of fused-ring (bicyclic) bond motifs is 8. The lowest BCUT2D eigenvalue weighted by Gasteiger charge is -2.14. The van der Waals surface area contributed by atoms with Gasteiger partial charge in [0.05, 0.1) is 0 Å². The molecule has 0 unspecified atom stereocenters. The highest BCUT2D eigenvalue weighted by Gasteiger charge is 2.22. The summed E-state index contributed by atoms with van der Waals surface area (Å²) in [7, 11) is 0. The smallest absolute Gasteiger partial charge is 0.0403 e. The van der Waals surface area contributed by atoms with Crippen LogP contribution in [0.1, 0.15) is 122 Å². The fraction of sp³-hybridized carbons (Fsp3) is 0.214. The highest BCUT2D eigenvalue weighted by atomic mass is 14.2. The molecule has 0 spiro atoms. The Balaban J connectivity index is 0.000000146. The van der Waals surface area contributed by atoms with Crippen LogP contribution >= 0.6 is 0 Å². The van der Waals surface area contributed by atoms with Gasteiger partial charge in [-0.05, 0) is 217 Å². The van der Waals surface area contributed by atoms with Crippen LogP contribution in [0.15, 0.2) is 70.8 Å². The van der Waals surface area contributed by atoms with E-state index >= 15 is 0 Å². The quantitative estimate of drug-likeness (QED) is 0.108. The minimum Gasteiger partial charge on any atom is -0.101 e. The summed E-state index contributed by atoms with van der Waals surface area (Å²) in [6.07, 6.45) is 13.4. The molecule has 0 nitrogen and oxygen atoms in total. The number of allylic oxidation sites excluding steroid dienone is 4. The fourth-order valence-corrected chi connectivity index (χ4v) is 9.54. The fourth-order valence-electron chi connectivity index (χ4n) is 9.54. The van der Waals surface area contributed by atoms with E-state index in [4.69, 9.17) is 0 Å². The van der Waals surface area contributed by atoms with Crippen LogP contribution in [-0.4, -0.2) is 0 Å².